The summed E-state index contributed by atoms with van der Waals surface area (Å²) in [6, 6.07) is 2.57. The van der Waals surface area contributed by atoms with Crippen LogP contribution in [0.25, 0.3) is 0 Å². The Morgan fingerprint density at radius 3 is 2.50 bits per heavy atom. The van der Waals surface area contributed by atoms with Gasteiger partial charge in [0.25, 0.3) is 0 Å². The minimum atomic E-state index is 0. The fraction of sp³-hybridized carbons (Fsp3) is 0.778. The monoisotopic (exact) mass is 219 g/mol. The molecule has 0 radical (unpaired) electrons. The first kappa shape index (κ1) is 15.8. The first-order chi connectivity index (χ1) is 6.27. The fourth-order valence-corrected chi connectivity index (χ4v) is 0.733. The van der Waals surface area contributed by atoms with Crippen molar-refractivity contribution in [3.63, 3.8) is 0 Å². The standard InChI is InChI=1S/C9H17N3O.ClH/c1-12(2)7-3-5-10-9-11-6-4-8-13;/h8H,3-7H2,1-2H3;1H. The Hall–Kier alpha value is -0.700. The SMILES string of the molecule is CN(C)CCCN=C=NCCC=O.Cl. The molecule has 0 aliphatic heterocycles. The van der Waals surface area contributed by atoms with E-state index < -0.39 is 0 Å². The first-order valence-electron chi connectivity index (χ1n) is 4.43. The number of hydrogen-bond acceptors (Lipinski definition) is 4. The van der Waals surface area contributed by atoms with Crippen molar-refractivity contribution in [2.75, 3.05) is 33.7 Å². The normalized spacial score (nSPS) is 8.79. The molecule has 0 rings (SSSR count). The van der Waals surface area contributed by atoms with E-state index in [9.17, 15) is 4.79 Å². The average Bonchev–Trinajstić information content (AvgIpc) is 2.09. The van der Waals surface area contributed by atoms with Gasteiger partial charge in [0.05, 0.1) is 19.1 Å². The number of nitrogens with zero attached hydrogens (tertiary/aromatic N) is 3. The van der Waals surface area contributed by atoms with Gasteiger partial charge in [-0.25, -0.2) is 9.98 Å². The zero-order chi connectivity index (χ0) is 9.94. The molecule has 0 aromatic heterocycles. The number of rotatable bonds is 7. The van der Waals surface area contributed by atoms with Crippen molar-refractivity contribution in [1.82, 2.24) is 4.90 Å². The molecular formula is C9H18ClN3O. The Bertz CT molecular complexity index is 188. The highest BCUT2D eigenvalue weighted by atomic mass is 35.5. The van der Waals surface area contributed by atoms with Crippen molar-refractivity contribution in [3.05, 3.63) is 0 Å². The van der Waals surface area contributed by atoms with Crippen molar-refractivity contribution in [2.24, 2.45) is 9.98 Å². The maximum Gasteiger partial charge on any atom is 0.121 e. The molecule has 0 aromatic carbocycles. The summed E-state index contributed by atoms with van der Waals surface area (Å²) in [6.07, 6.45) is 2.32. The Kier molecular flexibility index (Phi) is 13.8. The molecule has 14 heavy (non-hydrogen) atoms. The zero-order valence-corrected chi connectivity index (χ0v) is 9.59. The molecule has 0 aliphatic rings. The number of aldehydes is 1. The van der Waals surface area contributed by atoms with Gasteiger partial charge in [-0.05, 0) is 27.1 Å². The summed E-state index contributed by atoms with van der Waals surface area (Å²) in [4.78, 5) is 19.8. The lowest BCUT2D eigenvalue weighted by Crippen LogP contribution is -2.13. The summed E-state index contributed by atoms with van der Waals surface area (Å²) in [7, 11) is 4.06. The number of hydrogen-bond donors (Lipinski definition) is 0. The highest BCUT2D eigenvalue weighted by Gasteiger charge is 1.86. The van der Waals surface area contributed by atoms with E-state index in [1.807, 2.05) is 14.1 Å². The molecule has 0 saturated carbocycles. The second-order valence-electron chi connectivity index (χ2n) is 2.98. The number of aliphatic imine (C=N–C) groups is 2. The van der Waals surface area contributed by atoms with E-state index in [0.29, 0.717) is 13.0 Å². The van der Waals surface area contributed by atoms with Crippen LogP contribution in [0.15, 0.2) is 9.98 Å². The Labute approximate surface area is 91.5 Å². The Balaban J connectivity index is 0. The van der Waals surface area contributed by atoms with Crippen molar-refractivity contribution in [2.45, 2.75) is 12.8 Å². The van der Waals surface area contributed by atoms with Crippen LogP contribution in [0.5, 0.6) is 0 Å². The van der Waals surface area contributed by atoms with E-state index in [1.54, 1.807) is 0 Å². The maximum atomic E-state index is 9.89. The minimum absolute atomic E-state index is 0. The van der Waals surface area contributed by atoms with Crippen LogP contribution in [0.2, 0.25) is 0 Å². The van der Waals surface area contributed by atoms with Gasteiger partial charge in [0, 0.05) is 6.42 Å². The van der Waals surface area contributed by atoms with Crippen LogP contribution in [-0.4, -0.2) is 50.9 Å². The van der Waals surface area contributed by atoms with Gasteiger partial charge in [0.1, 0.15) is 6.29 Å². The zero-order valence-electron chi connectivity index (χ0n) is 8.77. The summed E-state index contributed by atoms with van der Waals surface area (Å²) in [6.45, 7) is 2.28. The van der Waals surface area contributed by atoms with Gasteiger partial charge in [-0.15, -0.1) is 12.4 Å². The van der Waals surface area contributed by atoms with Crippen LogP contribution in [0.3, 0.4) is 0 Å². The molecular weight excluding hydrogens is 202 g/mol. The van der Waals surface area contributed by atoms with Gasteiger partial charge < -0.3 is 9.69 Å². The van der Waals surface area contributed by atoms with Crippen LogP contribution >= 0.6 is 12.4 Å². The summed E-state index contributed by atoms with van der Waals surface area (Å²) in [5, 5.41) is 0. The molecule has 0 spiro atoms. The third-order valence-electron chi connectivity index (χ3n) is 1.38. The van der Waals surface area contributed by atoms with Gasteiger partial charge in [0.2, 0.25) is 0 Å². The lowest BCUT2D eigenvalue weighted by molar-refractivity contribution is -0.107. The summed E-state index contributed by atoms with van der Waals surface area (Å²) in [5.41, 5.74) is 0. The van der Waals surface area contributed by atoms with E-state index in [-0.39, 0.29) is 12.4 Å². The van der Waals surface area contributed by atoms with E-state index in [4.69, 9.17) is 0 Å². The molecule has 0 atom stereocenters. The molecule has 0 N–H and O–H groups in total. The summed E-state index contributed by atoms with van der Waals surface area (Å²) < 4.78 is 0. The molecule has 0 unspecified atom stereocenters. The lowest BCUT2D eigenvalue weighted by Gasteiger charge is -2.05. The maximum absolute atomic E-state index is 9.89. The average molecular weight is 220 g/mol. The summed E-state index contributed by atoms with van der Waals surface area (Å²) in [5.74, 6) is 0. The van der Waals surface area contributed by atoms with Crippen LogP contribution in [0, 0.1) is 0 Å². The topological polar surface area (TPSA) is 45.0 Å². The summed E-state index contributed by atoms with van der Waals surface area (Å²) >= 11 is 0. The molecule has 0 aliphatic carbocycles. The van der Waals surface area contributed by atoms with Crippen molar-refractivity contribution < 1.29 is 4.79 Å². The molecule has 5 heteroatoms. The molecule has 4 nitrogen and oxygen atoms in total. The molecule has 0 bridgehead atoms. The van der Waals surface area contributed by atoms with E-state index >= 15 is 0 Å². The quantitative estimate of drug-likeness (QED) is 0.366. The van der Waals surface area contributed by atoms with Gasteiger partial charge >= 0.3 is 0 Å². The van der Waals surface area contributed by atoms with E-state index in [0.717, 1.165) is 25.8 Å². The van der Waals surface area contributed by atoms with Crippen molar-refractivity contribution in [1.29, 1.82) is 0 Å². The molecule has 0 heterocycles. The number of halogens is 1. The van der Waals surface area contributed by atoms with Crippen molar-refractivity contribution >= 4 is 24.7 Å². The third-order valence-corrected chi connectivity index (χ3v) is 1.38. The second-order valence-corrected chi connectivity index (χ2v) is 2.98. The van der Waals surface area contributed by atoms with Gasteiger partial charge in [-0.2, -0.15) is 0 Å². The minimum Gasteiger partial charge on any atom is -0.309 e. The van der Waals surface area contributed by atoms with Crippen LogP contribution in [0.4, 0.5) is 0 Å². The van der Waals surface area contributed by atoms with Crippen LogP contribution < -0.4 is 0 Å². The van der Waals surface area contributed by atoms with Gasteiger partial charge in [-0.3, -0.25) is 0 Å². The van der Waals surface area contributed by atoms with E-state index in [1.165, 1.54) is 0 Å². The van der Waals surface area contributed by atoms with Crippen molar-refractivity contribution in [3.8, 4) is 0 Å². The number of carbonyl (C=O) groups is 1. The number of carbonyl (C=O) groups excluding carboxylic acids is 1. The molecule has 82 valence electrons. The first-order valence-corrected chi connectivity index (χ1v) is 4.43. The molecule has 0 amide bonds. The van der Waals surface area contributed by atoms with Crippen LogP contribution in [0.1, 0.15) is 12.8 Å². The van der Waals surface area contributed by atoms with Gasteiger partial charge in [-0.1, -0.05) is 0 Å². The van der Waals surface area contributed by atoms with Crippen LogP contribution in [-0.2, 0) is 4.79 Å². The Morgan fingerprint density at radius 2 is 1.93 bits per heavy atom. The molecule has 0 saturated heterocycles. The smallest absolute Gasteiger partial charge is 0.121 e. The third kappa shape index (κ3) is 13.9. The largest absolute Gasteiger partial charge is 0.309 e. The lowest BCUT2D eigenvalue weighted by atomic mass is 10.4. The van der Waals surface area contributed by atoms with Gasteiger partial charge in [0.15, 0.2) is 0 Å². The Morgan fingerprint density at radius 1 is 1.29 bits per heavy atom. The van der Waals surface area contributed by atoms with E-state index in [2.05, 4.69) is 20.9 Å². The highest BCUT2D eigenvalue weighted by molar-refractivity contribution is 5.85. The predicted octanol–water partition coefficient (Wildman–Crippen LogP) is 1.12. The fourth-order valence-electron chi connectivity index (χ4n) is 0.733. The second kappa shape index (κ2) is 12.3. The highest BCUT2D eigenvalue weighted by Crippen LogP contribution is 1.82. The molecule has 0 aromatic rings. The molecule has 0 fully saturated rings. The predicted molar refractivity (Wildman–Crippen MR) is 60.7 cm³/mol.